The summed E-state index contributed by atoms with van der Waals surface area (Å²) in [5, 5.41) is 8.32. The molecule has 1 N–H and O–H groups in total. The van der Waals surface area contributed by atoms with E-state index in [1.165, 1.54) is 31.4 Å². The maximum atomic E-state index is 13.5. The van der Waals surface area contributed by atoms with Gasteiger partial charge in [-0.15, -0.1) is 0 Å². The average Bonchev–Trinajstić information content (AvgIpc) is 3.53. The highest BCUT2D eigenvalue weighted by Gasteiger charge is 2.31. The topological polar surface area (TPSA) is 67.6 Å². The number of amides is 1. The fraction of sp³-hybridized carbons (Fsp3) is 0.448. The zero-order valence-electron chi connectivity index (χ0n) is 20.8. The molecule has 0 bridgehead atoms. The summed E-state index contributed by atoms with van der Waals surface area (Å²) in [5.74, 6) is 1.87. The molecule has 2 aromatic carbocycles. The lowest BCUT2D eigenvalue weighted by atomic mass is 9.89. The van der Waals surface area contributed by atoms with Gasteiger partial charge in [0.05, 0.1) is 12.8 Å². The lowest BCUT2D eigenvalue weighted by Gasteiger charge is -2.34. The molecular weight excluding hydrogens is 457 g/mol. The monoisotopic (exact) mass is 491 g/mol. The smallest absolute Gasteiger partial charge is 0.244 e. The minimum Gasteiger partial charge on any atom is -0.496 e. The molecule has 1 saturated heterocycles. The van der Waals surface area contributed by atoms with Crippen LogP contribution in [0.25, 0.3) is 17.0 Å². The Labute approximate surface area is 211 Å². The molecule has 5 rings (SSSR count). The van der Waals surface area contributed by atoms with E-state index in [1.807, 2.05) is 24.3 Å². The third-order valence-corrected chi connectivity index (χ3v) is 7.84. The summed E-state index contributed by atoms with van der Waals surface area (Å²) in [6, 6.07) is 12.3. The SMILES string of the molecule is COc1ccccc1C=CC(=O)NC[C@H]1CCC[C@@H]1CN1CCC(c2noc3cc(F)ccc23)CC1. The maximum Gasteiger partial charge on any atom is 0.244 e. The third kappa shape index (κ3) is 5.62. The van der Waals surface area contributed by atoms with Gasteiger partial charge in [-0.05, 0) is 74.9 Å². The van der Waals surface area contributed by atoms with Gasteiger partial charge < -0.3 is 19.5 Å². The number of ether oxygens (including phenoxy) is 1. The molecule has 1 saturated carbocycles. The summed E-state index contributed by atoms with van der Waals surface area (Å²) >= 11 is 0. The molecule has 1 amide bonds. The van der Waals surface area contributed by atoms with Crippen LogP contribution >= 0.6 is 0 Å². The second-order valence-electron chi connectivity index (χ2n) is 10.1. The first-order chi connectivity index (χ1) is 17.6. The molecular formula is C29H34FN3O3. The number of nitrogens with zero attached hydrogens (tertiary/aromatic N) is 2. The van der Waals surface area contributed by atoms with Gasteiger partial charge >= 0.3 is 0 Å². The van der Waals surface area contributed by atoms with Crippen molar-refractivity contribution in [3.05, 3.63) is 65.6 Å². The predicted octanol–water partition coefficient (Wildman–Crippen LogP) is 5.40. The van der Waals surface area contributed by atoms with Crippen LogP contribution < -0.4 is 10.1 Å². The number of para-hydroxylation sites is 1. The van der Waals surface area contributed by atoms with E-state index in [1.54, 1.807) is 25.3 Å². The van der Waals surface area contributed by atoms with Crippen LogP contribution in [0.5, 0.6) is 5.75 Å². The molecule has 2 atom stereocenters. The van der Waals surface area contributed by atoms with Crippen LogP contribution in [0.15, 0.2) is 53.1 Å². The lowest BCUT2D eigenvalue weighted by Crippen LogP contribution is -2.39. The van der Waals surface area contributed by atoms with Crippen LogP contribution in [-0.2, 0) is 4.79 Å². The Morgan fingerprint density at radius 1 is 1.17 bits per heavy atom. The number of carbonyl (C=O) groups excluding carboxylic acids is 1. The van der Waals surface area contributed by atoms with Crippen LogP contribution in [0.3, 0.4) is 0 Å². The molecule has 1 aromatic heterocycles. The van der Waals surface area contributed by atoms with E-state index in [4.69, 9.17) is 9.26 Å². The Balaban J connectivity index is 1.10. The van der Waals surface area contributed by atoms with Crippen molar-refractivity contribution >= 4 is 23.0 Å². The number of rotatable bonds is 8. The number of piperidine rings is 1. The second-order valence-corrected chi connectivity index (χ2v) is 10.1. The van der Waals surface area contributed by atoms with E-state index in [0.717, 1.165) is 61.4 Å². The summed E-state index contributed by atoms with van der Waals surface area (Å²) in [5.41, 5.74) is 2.39. The van der Waals surface area contributed by atoms with Crippen LogP contribution in [-0.4, -0.2) is 49.3 Å². The summed E-state index contributed by atoms with van der Waals surface area (Å²) < 4.78 is 24.2. The molecule has 2 aliphatic rings. The van der Waals surface area contributed by atoms with E-state index in [-0.39, 0.29) is 11.7 Å². The van der Waals surface area contributed by atoms with Crippen molar-refractivity contribution in [3.63, 3.8) is 0 Å². The Hall–Kier alpha value is -3.19. The van der Waals surface area contributed by atoms with Crippen LogP contribution in [0, 0.1) is 17.7 Å². The number of aromatic nitrogens is 1. The normalized spacial score (nSPS) is 21.4. The van der Waals surface area contributed by atoms with Crippen molar-refractivity contribution in [2.45, 2.75) is 38.0 Å². The molecule has 2 fully saturated rings. The van der Waals surface area contributed by atoms with E-state index in [2.05, 4.69) is 15.4 Å². The van der Waals surface area contributed by atoms with Gasteiger partial charge in [-0.1, -0.05) is 29.8 Å². The van der Waals surface area contributed by atoms with Gasteiger partial charge in [0, 0.05) is 42.1 Å². The summed E-state index contributed by atoms with van der Waals surface area (Å²) in [6.45, 7) is 3.85. The Kier molecular flexibility index (Phi) is 7.66. The molecule has 0 unspecified atom stereocenters. The van der Waals surface area contributed by atoms with Crippen molar-refractivity contribution in [2.75, 3.05) is 33.3 Å². The lowest BCUT2D eigenvalue weighted by molar-refractivity contribution is -0.116. The van der Waals surface area contributed by atoms with Gasteiger partial charge in [0.2, 0.25) is 5.91 Å². The minimum atomic E-state index is -0.297. The standard InChI is InChI=1S/C29H34FN3O3/c1-35-26-8-3-2-5-20(26)9-12-28(34)31-18-22-6-4-7-23(22)19-33-15-13-21(14-16-33)29-25-11-10-24(30)17-27(25)36-32-29/h2-3,5,8-12,17,21-23H,4,6-7,13-16,18-19H2,1H3,(H,31,34)/t22-,23-/m1/s1. The van der Waals surface area contributed by atoms with Crippen LogP contribution in [0.4, 0.5) is 4.39 Å². The van der Waals surface area contributed by atoms with Crippen molar-refractivity contribution in [2.24, 2.45) is 11.8 Å². The Morgan fingerprint density at radius 3 is 2.81 bits per heavy atom. The first-order valence-electron chi connectivity index (χ1n) is 13.0. The van der Waals surface area contributed by atoms with Crippen molar-refractivity contribution in [1.82, 2.24) is 15.4 Å². The first kappa shape index (κ1) is 24.5. The fourth-order valence-electron chi connectivity index (χ4n) is 5.83. The van der Waals surface area contributed by atoms with E-state index in [0.29, 0.717) is 23.3 Å². The maximum absolute atomic E-state index is 13.5. The van der Waals surface area contributed by atoms with Crippen molar-refractivity contribution in [3.8, 4) is 5.75 Å². The molecule has 6 nitrogen and oxygen atoms in total. The molecule has 7 heteroatoms. The average molecular weight is 492 g/mol. The van der Waals surface area contributed by atoms with Gasteiger partial charge in [-0.3, -0.25) is 4.79 Å². The molecule has 1 aliphatic heterocycles. The number of likely N-dealkylation sites (tertiary alicyclic amines) is 1. The predicted molar refractivity (Wildman–Crippen MR) is 138 cm³/mol. The van der Waals surface area contributed by atoms with Crippen LogP contribution in [0.1, 0.15) is 49.3 Å². The fourth-order valence-corrected chi connectivity index (χ4v) is 5.83. The van der Waals surface area contributed by atoms with Gasteiger partial charge in [-0.2, -0.15) is 0 Å². The van der Waals surface area contributed by atoms with Gasteiger partial charge in [0.1, 0.15) is 11.6 Å². The summed E-state index contributed by atoms with van der Waals surface area (Å²) in [4.78, 5) is 15.0. The Bertz CT molecular complexity index is 1220. The van der Waals surface area contributed by atoms with Crippen LogP contribution in [0.2, 0.25) is 0 Å². The summed E-state index contributed by atoms with van der Waals surface area (Å²) in [7, 11) is 1.63. The quantitative estimate of drug-likeness (QED) is 0.427. The zero-order valence-corrected chi connectivity index (χ0v) is 20.8. The number of methoxy groups -OCH3 is 1. The van der Waals surface area contributed by atoms with E-state index in [9.17, 15) is 9.18 Å². The largest absolute Gasteiger partial charge is 0.496 e. The van der Waals surface area contributed by atoms with Crippen molar-refractivity contribution in [1.29, 1.82) is 0 Å². The highest BCUT2D eigenvalue weighted by molar-refractivity contribution is 5.92. The molecule has 3 aromatic rings. The molecule has 0 spiro atoms. The number of hydrogen-bond acceptors (Lipinski definition) is 5. The number of carbonyl (C=O) groups is 1. The van der Waals surface area contributed by atoms with Gasteiger partial charge in [-0.25, -0.2) is 4.39 Å². The molecule has 36 heavy (non-hydrogen) atoms. The molecule has 190 valence electrons. The zero-order chi connectivity index (χ0) is 24.9. The third-order valence-electron chi connectivity index (χ3n) is 7.84. The molecule has 0 radical (unpaired) electrons. The summed E-state index contributed by atoms with van der Waals surface area (Å²) in [6.07, 6.45) is 9.06. The van der Waals surface area contributed by atoms with Gasteiger partial charge in [0.25, 0.3) is 0 Å². The highest BCUT2D eigenvalue weighted by Crippen LogP contribution is 2.36. The Morgan fingerprint density at radius 2 is 1.97 bits per heavy atom. The molecule has 1 aliphatic carbocycles. The van der Waals surface area contributed by atoms with Gasteiger partial charge in [0.15, 0.2) is 5.58 Å². The number of halogens is 1. The second kappa shape index (κ2) is 11.2. The molecule has 2 heterocycles. The highest BCUT2D eigenvalue weighted by atomic mass is 19.1. The van der Waals surface area contributed by atoms with Crippen molar-refractivity contribution < 1.29 is 18.4 Å². The minimum absolute atomic E-state index is 0.0629. The number of nitrogens with one attached hydrogen (secondary N) is 1. The van der Waals surface area contributed by atoms with E-state index < -0.39 is 0 Å². The number of benzene rings is 2. The van der Waals surface area contributed by atoms with E-state index >= 15 is 0 Å². The number of fused-ring (bicyclic) bond motifs is 1. The number of hydrogen-bond donors (Lipinski definition) is 1. The first-order valence-corrected chi connectivity index (χ1v) is 13.0.